The zero-order chi connectivity index (χ0) is 11.0. The highest BCUT2D eigenvalue weighted by Gasteiger charge is 2.59. The molecule has 2 atom stereocenters. The maximum Gasteiger partial charge on any atom is 0.123 e. The summed E-state index contributed by atoms with van der Waals surface area (Å²) < 4.78 is 5.86. The van der Waals surface area contributed by atoms with Gasteiger partial charge < -0.3 is 10.1 Å². The number of benzene rings is 1. The second-order valence-electron chi connectivity index (χ2n) is 5.03. The first-order valence-electron chi connectivity index (χ1n) is 6.30. The minimum Gasteiger partial charge on any atom is -0.493 e. The summed E-state index contributed by atoms with van der Waals surface area (Å²) in [5.74, 6) is 1.95. The lowest BCUT2D eigenvalue weighted by molar-refractivity contribution is 0.311. The van der Waals surface area contributed by atoms with Gasteiger partial charge in [0.15, 0.2) is 0 Å². The van der Waals surface area contributed by atoms with E-state index in [1.54, 1.807) is 0 Å². The maximum absolute atomic E-state index is 5.86. The third-order valence-electron chi connectivity index (χ3n) is 3.95. The van der Waals surface area contributed by atoms with Gasteiger partial charge in [-0.3, -0.25) is 0 Å². The molecule has 1 N–H and O–H groups in total. The van der Waals surface area contributed by atoms with Crippen molar-refractivity contribution in [2.75, 3.05) is 19.7 Å². The van der Waals surface area contributed by atoms with Gasteiger partial charge in [-0.25, -0.2) is 0 Å². The number of para-hydroxylation sites is 1. The normalized spacial score (nSPS) is 31.2. The van der Waals surface area contributed by atoms with Gasteiger partial charge in [-0.15, -0.1) is 0 Å². The average molecular weight is 217 g/mol. The Morgan fingerprint density at radius 2 is 2.31 bits per heavy atom. The predicted molar refractivity (Wildman–Crippen MR) is 64.9 cm³/mol. The summed E-state index contributed by atoms with van der Waals surface area (Å²) in [6.45, 7) is 5.29. The molecule has 1 saturated carbocycles. The second-order valence-corrected chi connectivity index (χ2v) is 5.03. The van der Waals surface area contributed by atoms with Crippen molar-refractivity contribution in [3.63, 3.8) is 0 Å². The van der Waals surface area contributed by atoms with Crippen molar-refractivity contribution in [3.8, 4) is 5.75 Å². The first kappa shape index (κ1) is 10.2. The Morgan fingerprint density at radius 1 is 1.44 bits per heavy atom. The van der Waals surface area contributed by atoms with Gasteiger partial charge in [0.1, 0.15) is 5.75 Å². The highest BCUT2D eigenvalue weighted by Crippen LogP contribution is 2.58. The molecule has 1 saturated heterocycles. The van der Waals surface area contributed by atoms with E-state index in [0.29, 0.717) is 5.41 Å². The number of hydrogen-bond acceptors (Lipinski definition) is 2. The first-order valence-corrected chi connectivity index (χ1v) is 6.30. The molecule has 16 heavy (non-hydrogen) atoms. The van der Waals surface area contributed by atoms with Crippen LogP contribution >= 0.6 is 0 Å². The topological polar surface area (TPSA) is 21.3 Å². The van der Waals surface area contributed by atoms with Crippen LogP contribution in [0.5, 0.6) is 5.75 Å². The van der Waals surface area contributed by atoms with Crippen molar-refractivity contribution >= 4 is 0 Å². The zero-order valence-corrected chi connectivity index (χ0v) is 9.83. The number of nitrogens with one attached hydrogen (secondary N) is 1. The fraction of sp³-hybridized carbons (Fsp3) is 0.571. The number of rotatable bonds is 4. The molecule has 2 aliphatic rings. The van der Waals surface area contributed by atoms with Crippen molar-refractivity contribution in [1.82, 2.24) is 5.32 Å². The minimum absolute atomic E-state index is 0.407. The summed E-state index contributed by atoms with van der Waals surface area (Å²) in [5.41, 5.74) is 1.84. The second kappa shape index (κ2) is 3.77. The maximum atomic E-state index is 5.86. The lowest BCUT2D eigenvalue weighted by atomic mass is 9.94. The lowest BCUT2D eigenvalue weighted by Crippen LogP contribution is -2.20. The van der Waals surface area contributed by atoms with Crippen molar-refractivity contribution in [3.05, 3.63) is 29.8 Å². The number of fused-ring (bicyclic) bond motifs is 1. The van der Waals surface area contributed by atoms with Crippen LogP contribution in [-0.4, -0.2) is 19.7 Å². The Balaban J connectivity index is 1.88. The van der Waals surface area contributed by atoms with E-state index in [1.165, 1.54) is 18.5 Å². The van der Waals surface area contributed by atoms with E-state index in [4.69, 9.17) is 4.74 Å². The zero-order valence-electron chi connectivity index (χ0n) is 9.83. The largest absolute Gasteiger partial charge is 0.493 e. The first-order chi connectivity index (χ1) is 7.87. The van der Waals surface area contributed by atoms with Gasteiger partial charge in [-0.05, 0) is 31.4 Å². The molecule has 0 aromatic heterocycles. The van der Waals surface area contributed by atoms with E-state index >= 15 is 0 Å². The standard InChI is InChI=1S/C14H19NO/c1-2-7-16-13-6-4-3-5-12(13)14-8-11(14)9-15-10-14/h3-6,11,15H,2,7-10H2,1H3. The SMILES string of the molecule is CCCOc1ccccc1C12CNCC1C2. The molecule has 2 heteroatoms. The molecule has 1 aromatic carbocycles. The number of ether oxygens (including phenoxy) is 1. The number of hydrogen-bond donors (Lipinski definition) is 1. The molecule has 0 radical (unpaired) electrons. The van der Waals surface area contributed by atoms with Crippen molar-refractivity contribution < 1.29 is 4.74 Å². The minimum atomic E-state index is 0.407. The van der Waals surface area contributed by atoms with Gasteiger partial charge in [0, 0.05) is 17.5 Å². The molecule has 2 unspecified atom stereocenters. The lowest BCUT2D eigenvalue weighted by Gasteiger charge is -2.17. The van der Waals surface area contributed by atoms with Gasteiger partial charge in [0.2, 0.25) is 0 Å². The van der Waals surface area contributed by atoms with Crippen LogP contribution < -0.4 is 10.1 Å². The van der Waals surface area contributed by atoms with Crippen LogP contribution in [-0.2, 0) is 5.41 Å². The molecule has 0 bridgehead atoms. The quantitative estimate of drug-likeness (QED) is 0.836. The highest BCUT2D eigenvalue weighted by atomic mass is 16.5. The third-order valence-corrected chi connectivity index (χ3v) is 3.95. The van der Waals surface area contributed by atoms with Crippen LogP contribution in [0, 0.1) is 5.92 Å². The van der Waals surface area contributed by atoms with Gasteiger partial charge >= 0.3 is 0 Å². The van der Waals surface area contributed by atoms with Crippen LogP contribution in [0.4, 0.5) is 0 Å². The molecule has 0 spiro atoms. The van der Waals surface area contributed by atoms with Gasteiger partial charge in [-0.2, -0.15) is 0 Å². The summed E-state index contributed by atoms with van der Waals surface area (Å²) in [6.07, 6.45) is 2.41. The van der Waals surface area contributed by atoms with Crippen LogP contribution in [0.25, 0.3) is 0 Å². The summed E-state index contributed by atoms with van der Waals surface area (Å²) in [7, 11) is 0. The third kappa shape index (κ3) is 1.44. The average Bonchev–Trinajstić information content (AvgIpc) is 2.90. The highest BCUT2D eigenvalue weighted by molar-refractivity contribution is 5.46. The van der Waals surface area contributed by atoms with E-state index in [-0.39, 0.29) is 0 Å². The number of piperidine rings is 1. The van der Waals surface area contributed by atoms with Crippen molar-refractivity contribution in [2.24, 2.45) is 5.92 Å². The van der Waals surface area contributed by atoms with E-state index < -0.39 is 0 Å². The van der Waals surface area contributed by atoms with E-state index in [9.17, 15) is 0 Å². The summed E-state index contributed by atoms with van der Waals surface area (Å²) in [6, 6.07) is 8.58. The van der Waals surface area contributed by atoms with Crippen molar-refractivity contribution in [2.45, 2.75) is 25.2 Å². The molecule has 2 nitrogen and oxygen atoms in total. The summed E-state index contributed by atoms with van der Waals surface area (Å²) in [4.78, 5) is 0. The van der Waals surface area contributed by atoms with Crippen LogP contribution in [0.2, 0.25) is 0 Å². The van der Waals surface area contributed by atoms with Crippen LogP contribution in [0.1, 0.15) is 25.3 Å². The van der Waals surface area contributed by atoms with Gasteiger partial charge in [0.25, 0.3) is 0 Å². The molecular weight excluding hydrogens is 198 g/mol. The Hall–Kier alpha value is -1.02. The molecule has 1 aromatic rings. The molecule has 0 amide bonds. The molecule has 3 rings (SSSR count). The molecule has 1 aliphatic carbocycles. The van der Waals surface area contributed by atoms with Gasteiger partial charge in [0.05, 0.1) is 6.61 Å². The molecule has 1 heterocycles. The fourth-order valence-electron chi connectivity index (χ4n) is 2.98. The summed E-state index contributed by atoms with van der Waals surface area (Å²) >= 11 is 0. The summed E-state index contributed by atoms with van der Waals surface area (Å²) in [5, 5.41) is 3.49. The Kier molecular flexibility index (Phi) is 2.40. The smallest absolute Gasteiger partial charge is 0.123 e. The Morgan fingerprint density at radius 3 is 3.00 bits per heavy atom. The van der Waals surface area contributed by atoms with E-state index in [2.05, 4.69) is 36.5 Å². The fourth-order valence-corrected chi connectivity index (χ4v) is 2.98. The van der Waals surface area contributed by atoms with Gasteiger partial charge in [-0.1, -0.05) is 25.1 Å². The molecule has 2 fully saturated rings. The Labute approximate surface area is 97.0 Å². The van der Waals surface area contributed by atoms with Crippen LogP contribution in [0.3, 0.4) is 0 Å². The van der Waals surface area contributed by atoms with E-state index in [1.807, 2.05) is 0 Å². The van der Waals surface area contributed by atoms with Crippen LogP contribution in [0.15, 0.2) is 24.3 Å². The molecule has 1 aliphatic heterocycles. The monoisotopic (exact) mass is 217 g/mol. The van der Waals surface area contributed by atoms with E-state index in [0.717, 1.165) is 31.2 Å². The molecular formula is C14H19NO. The van der Waals surface area contributed by atoms with Crippen molar-refractivity contribution in [1.29, 1.82) is 0 Å². The Bertz CT molecular complexity index is 390. The molecule has 86 valence electrons. The predicted octanol–water partition coefficient (Wildman–Crippen LogP) is 2.34.